The number of methoxy groups -OCH3 is 2. The molecule has 0 atom stereocenters. The van der Waals surface area contributed by atoms with Gasteiger partial charge in [0, 0.05) is 11.9 Å². The van der Waals surface area contributed by atoms with Crippen LogP contribution in [0.5, 0.6) is 11.5 Å². The molecule has 0 aliphatic rings. The van der Waals surface area contributed by atoms with Crippen LogP contribution in [-0.4, -0.2) is 31.7 Å². The molecule has 3 N–H and O–H groups in total. The second-order valence-electron chi connectivity index (χ2n) is 7.25. The molecule has 0 aliphatic carbocycles. The number of benzene rings is 1. The van der Waals surface area contributed by atoms with Crippen LogP contribution in [0.25, 0.3) is 20.8 Å². The third-order valence-electron chi connectivity index (χ3n) is 5.13. The van der Waals surface area contributed by atoms with Crippen LogP contribution in [0.15, 0.2) is 41.8 Å². The van der Waals surface area contributed by atoms with Crippen LogP contribution in [-0.2, 0) is 12.6 Å². The summed E-state index contributed by atoms with van der Waals surface area (Å²) in [5, 5.41) is 4.24. The number of carbonyl (C=O) groups excluding carboxylic acids is 1. The highest BCUT2D eigenvalue weighted by Gasteiger charge is 2.36. The number of rotatable bonds is 7. The largest absolute Gasteiger partial charge is 0.493 e. The van der Waals surface area contributed by atoms with E-state index in [-0.39, 0.29) is 33.0 Å². The molecule has 4 rings (SSSR count). The number of amides is 1. The number of aromatic nitrogens is 1. The maximum Gasteiger partial charge on any atom is 0.417 e. The zero-order valence-electron chi connectivity index (χ0n) is 18.2. The summed E-state index contributed by atoms with van der Waals surface area (Å²) in [5.74, 6) is 0.599. The van der Waals surface area contributed by atoms with E-state index >= 15 is 0 Å². The number of hydrogen-bond donors (Lipinski definition) is 2. The molecule has 3 aromatic heterocycles. The quantitative estimate of drug-likeness (QED) is 0.339. The van der Waals surface area contributed by atoms with E-state index in [0.717, 1.165) is 23.0 Å². The molecule has 1 amide bonds. The summed E-state index contributed by atoms with van der Waals surface area (Å²) >= 11 is 2.13. The number of fused-ring (bicyclic) bond motifs is 1. The molecule has 0 saturated heterocycles. The minimum Gasteiger partial charge on any atom is -0.493 e. The van der Waals surface area contributed by atoms with Crippen molar-refractivity contribution >= 4 is 44.5 Å². The van der Waals surface area contributed by atoms with E-state index in [0.29, 0.717) is 22.8 Å². The maximum atomic E-state index is 13.8. The number of alkyl halides is 3. The molecule has 0 aliphatic heterocycles. The summed E-state index contributed by atoms with van der Waals surface area (Å²) in [6.07, 6.45) is -4.17. The Morgan fingerprint density at radius 1 is 1.15 bits per heavy atom. The Labute approximate surface area is 201 Å². The highest BCUT2D eigenvalue weighted by molar-refractivity contribution is 7.21. The van der Waals surface area contributed by atoms with Crippen molar-refractivity contribution in [1.82, 2.24) is 10.3 Å². The predicted octanol–water partition coefficient (Wildman–Crippen LogP) is 5.62. The van der Waals surface area contributed by atoms with Crippen LogP contribution in [0.4, 0.5) is 18.9 Å². The number of nitrogens with zero attached hydrogens (tertiary/aromatic N) is 1. The monoisotopic (exact) mass is 507 g/mol. The minimum atomic E-state index is -4.65. The average Bonchev–Trinajstić information content (AvgIpc) is 3.46. The SMILES string of the molecule is COc1ccc(CCNC(=O)c2sc3nc(-c4cccs4)cc(C(F)(F)F)c3c2N)cc1OC. The van der Waals surface area contributed by atoms with Gasteiger partial charge in [-0.15, -0.1) is 22.7 Å². The first kappa shape index (κ1) is 23.8. The molecule has 0 spiro atoms. The summed E-state index contributed by atoms with van der Waals surface area (Å²) in [7, 11) is 3.07. The van der Waals surface area contributed by atoms with Gasteiger partial charge in [-0.1, -0.05) is 12.1 Å². The summed E-state index contributed by atoms with van der Waals surface area (Å²) in [5.41, 5.74) is 6.00. The van der Waals surface area contributed by atoms with Gasteiger partial charge in [-0.2, -0.15) is 13.2 Å². The number of nitrogen functional groups attached to an aromatic ring is 1. The van der Waals surface area contributed by atoms with E-state index in [1.165, 1.54) is 25.6 Å². The second-order valence-corrected chi connectivity index (χ2v) is 9.20. The fourth-order valence-corrected chi connectivity index (χ4v) is 5.22. The molecule has 0 fully saturated rings. The van der Waals surface area contributed by atoms with Crippen molar-refractivity contribution in [1.29, 1.82) is 0 Å². The number of halogens is 3. The summed E-state index contributed by atoms with van der Waals surface area (Å²) < 4.78 is 52.0. The van der Waals surface area contributed by atoms with Gasteiger partial charge in [-0.3, -0.25) is 4.79 Å². The molecule has 0 unspecified atom stereocenters. The fourth-order valence-electron chi connectivity index (χ4n) is 3.50. The normalized spacial score (nSPS) is 11.6. The smallest absolute Gasteiger partial charge is 0.417 e. The third-order valence-corrected chi connectivity index (χ3v) is 7.12. The molecule has 4 aromatic rings. The van der Waals surface area contributed by atoms with Crippen LogP contribution in [0.3, 0.4) is 0 Å². The Balaban J connectivity index is 1.59. The Morgan fingerprint density at radius 2 is 1.91 bits per heavy atom. The number of nitrogens with one attached hydrogen (secondary N) is 1. The van der Waals surface area contributed by atoms with Crippen molar-refractivity contribution in [2.24, 2.45) is 0 Å². The van der Waals surface area contributed by atoms with Crippen molar-refractivity contribution in [2.75, 3.05) is 26.5 Å². The van der Waals surface area contributed by atoms with Crippen molar-refractivity contribution in [3.63, 3.8) is 0 Å². The predicted molar refractivity (Wildman–Crippen MR) is 128 cm³/mol. The first-order chi connectivity index (χ1) is 16.2. The lowest BCUT2D eigenvalue weighted by molar-refractivity contribution is -0.136. The lowest BCUT2D eigenvalue weighted by Crippen LogP contribution is -2.25. The zero-order valence-corrected chi connectivity index (χ0v) is 19.8. The number of thiophene rings is 2. The number of hydrogen-bond acceptors (Lipinski definition) is 7. The van der Waals surface area contributed by atoms with Gasteiger partial charge in [0.1, 0.15) is 9.71 Å². The van der Waals surface area contributed by atoms with Gasteiger partial charge in [0.2, 0.25) is 0 Å². The molecule has 34 heavy (non-hydrogen) atoms. The Kier molecular flexibility index (Phi) is 6.67. The first-order valence-electron chi connectivity index (χ1n) is 10.1. The number of nitrogens with two attached hydrogens (primary N) is 1. The van der Waals surface area contributed by atoms with Gasteiger partial charge >= 0.3 is 6.18 Å². The lowest BCUT2D eigenvalue weighted by atomic mass is 10.1. The van der Waals surface area contributed by atoms with E-state index in [4.69, 9.17) is 15.2 Å². The molecule has 11 heteroatoms. The first-order valence-corrected chi connectivity index (χ1v) is 11.8. The number of pyridine rings is 1. The zero-order chi connectivity index (χ0) is 24.5. The molecule has 0 saturated carbocycles. The van der Waals surface area contributed by atoms with Crippen LogP contribution in [0.1, 0.15) is 20.8 Å². The van der Waals surface area contributed by atoms with Crippen molar-refractivity contribution in [3.05, 3.63) is 57.8 Å². The molecule has 178 valence electrons. The van der Waals surface area contributed by atoms with E-state index in [1.54, 1.807) is 29.6 Å². The molecule has 0 radical (unpaired) electrons. The molecule has 3 heterocycles. The van der Waals surface area contributed by atoms with Gasteiger partial charge in [0.15, 0.2) is 11.5 Å². The Bertz CT molecular complexity index is 1330. The van der Waals surface area contributed by atoms with Crippen LogP contribution < -0.4 is 20.5 Å². The number of carbonyl (C=O) groups is 1. The van der Waals surface area contributed by atoms with Gasteiger partial charge in [-0.05, 0) is 41.6 Å². The van der Waals surface area contributed by atoms with Gasteiger partial charge in [0.25, 0.3) is 5.91 Å². The van der Waals surface area contributed by atoms with Gasteiger partial charge < -0.3 is 20.5 Å². The maximum absolute atomic E-state index is 13.8. The van der Waals surface area contributed by atoms with E-state index in [1.807, 2.05) is 6.07 Å². The van der Waals surface area contributed by atoms with Crippen molar-refractivity contribution in [3.8, 4) is 22.1 Å². The molecule has 6 nitrogen and oxygen atoms in total. The van der Waals surface area contributed by atoms with Crippen LogP contribution in [0.2, 0.25) is 0 Å². The molecular formula is C23H20F3N3O3S2. The third kappa shape index (κ3) is 4.66. The standard InChI is InChI=1S/C23H20F3N3O3S2/c1-31-15-6-5-12(10-16(15)32-2)7-8-28-21(30)20-19(27)18-13(23(24,25)26)11-14(29-22(18)34-20)17-4-3-9-33-17/h3-6,9-11H,7-8,27H2,1-2H3,(H,28,30). The summed E-state index contributed by atoms with van der Waals surface area (Å²) in [6.45, 7) is 0.252. The van der Waals surface area contributed by atoms with Crippen molar-refractivity contribution < 1.29 is 27.4 Å². The fraction of sp³-hybridized carbons (Fsp3) is 0.217. The van der Waals surface area contributed by atoms with E-state index < -0.39 is 17.6 Å². The van der Waals surface area contributed by atoms with Gasteiger partial charge in [-0.25, -0.2) is 4.98 Å². The lowest BCUT2D eigenvalue weighted by Gasteiger charge is -2.11. The van der Waals surface area contributed by atoms with E-state index in [9.17, 15) is 18.0 Å². The number of ether oxygens (including phenoxy) is 2. The molecular weight excluding hydrogens is 487 g/mol. The minimum absolute atomic E-state index is 0.00337. The number of anilines is 1. The van der Waals surface area contributed by atoms with Crippen LogP contribution in [0, 0.1) is 0 Å². The molecule has 1 aromatic carbocycles. The summed E-state index contributed by atoms with van der Waals surface area (Å²) in [4.78, 5) is 17.8. The topological polar surface area (TPSA) is 86.5 Å². The highest BCUT2D eigenvalue weighted by atomic mass is 32.1. The molecule has 0 bridgehead atoms. The Hall–Kier alpha value is -3.31. The van der Waals surface area contributed by atoms with Crippen molar-refractivity contribution in [2.45, 2.75) is 12.6 Å². The highest BCUT2D eigenvalue weighted by Crippen LogP contribution is 2.43. The van der Waals surface area contributed by atoms with Crippen LogP contribution >= 0.6 is 22.7 Å². The van der Waals surface area contributed by atoms with E-state index in [2.05, 4.69) is 10.3 Å². The second kappa shape index (κ2) is 9.51. The Morgan fingerprint density at radius 3 is 2.56 bits per heavy atom. The average molecular weight is 508 g/mol. The van der Waals surface area contributed by atoms with Gasteiger partial charge in [0.05, 0.1) is 36.0 Å². The summed E-state index contributed by atoms with van der Waals surface area (Å²) in [6, 6.07) is 9.81.